The molecule has 20 heavy (non-hydrogen) atoms. The molecule has 0 radical (unpaired) electrons. The van der Waals surface area contributed by atoms with Crippen LogP contribution in [0, 0.1) is 25.2 Å². The van der Waals surface area contributed by atoms with Gasteiger partial charge in [0.2, 0.25) is 5.91 Å². The maximum absolute atomic E-state index is 12.5. The van der Waals surface area contributed by atoms with Crippen molar-refractivity contribution in [3.05, 3.63) is 34.9 Å². The van der Waals surface area contributed by atoms with Crippen LogP contribution < -0.4 is 0 Å². The molecule has 1 aromatic rings. The van der Waals surface area contributed by atoms with Crippen molar-refractivity contribution in [2.24, 2.45) is 0 Å². The van der Waals surface area contributed by atoms with Crippen molar-refractivity contribution in [2.45, 2.75) is 52.0 Å². The summed E-state index contributed by atoms with van der Waals surface area (Å²) in [6.07, 6.45) is 4.83. The van der Waals surface area contributed by atoms with E-state index >= 15 is 0 Å². The predicted molar refractivity (Wildman–Crippen MR) is 79.2 cm³/mol. The highest BCUT2D eigenvalue weighted by molar-refractivity contribution is 5.79. The fourth-order valence-corrected chi connectivity index (χ4v) is 2.97. The second kappa shape index (κ2) is 6.56. The van der Waals surface area contributed by atoms with Gasteiger partial charge >= 0.3 is 0 Å². The number of nitrogens with zero attached hydrogens (tertiary/aromatic N) is 2. The number of nitriles is 1. The first-order valence-electron chi connectivity index (χ1n) is 7.34. The number of carbonyl (C=O) groups is 1. The van der Waals surface area contributed by atoms with Crippen LogP contribution in [-0.2, 0) is 11.2 Å². The van der Waals surface area contributed by atoms with Crippen LogP contribution in [0.4, 0.5) is 0 Å². The van der Waals surface area contributed by atoms with E-state index in [4.69, 9.17) is 5.26 Å². The van der Waals surface area contributed by atoms with E-state index in [-0.39, 0.29) is 18.5 Å². The van der Waals surface area contributed by atoms with Gasteiger partial charge in [0.1, 0.15) is 6.54 Å². The Bertz CT molecular complexity index is 524. The lowest BCUT2D eigenvalue weighted by atomic mass is 10.0. The van der Waals surface area contributed by atoms with Gasteiger partial charge in [-0.15, -0.1) is 0 Å². The first-order chi connectivity index (χ1) is 9.61. The zero-order valence-corrected chi connectivity index (χ0v) is 12.4. The molecule has 0 unspecified atom stereocenters. The van der Waals surface area contributed by atoms with E-state index in [1.807, 2.05) is 13.8 Å². The molecule has 1 amide bonds. The molecule has 0 atom stereocenters. The molecule has 0 N–H and O–H groups in total. The Kier molecular flexibility index (Phi) is 4.79. The van der Waals surface area contributed by atoms with Crippen molar-refractivity contribution in [1.82, 2.24) is 4.90 Å². The van der Waals surface area contributed by atoms with Crippen LogP contribution in [0.3, 0.4) is 0 Å². The molecule has 0 aromatic heterocycles. The molecule has 1 fully saturated rings. The second-order valence-electron chi connectivity index (χ2n) is 5.72. The Balaban J connectivity index is 2.11. The number of amides is 1. The van der Waals surface area contributed by atoms with Crippen LogP contribution in [-0.4, -0.2) is 23.4 Å². The Labute approximate surface area is 121 Å². The topological polar surface area (TPSA) is 44.1 Å². The lowest BCUT2D eigenvalue weighted by Crippen LogP contribution is -2.40. The monoisotopic (exact) mass is 270 g/mol. The van der Waals surface area contributed by atoms with Gasteiger partial charge in [-0.25, -0.2) is 0 Å². The highest BCUT2D eigenvalue weighted by Crippen LogP contribution is 2.24. The molecular formula is C17H22N2O. The van der Waals surface area contributed by atoms with Crippen LogP contribution in [0.15, 0.2) is 18.2 Å². The zero-order valence-electron chi connectivity index (χ0n) is 12.4. The summed E-state index contributed by atoms with van der Waals surface area (Å²) in [7, 11) is 0. The smallest absolute Gasteiger partial charge is 0.228 e. The standard InChI is InChI=1S/C17H22N2O/c1-13-7-8-14(2)15(11-13)12-17(20)19(10-9-18)16-5-3-4-6-16/h7-8,11,16H,3-6,10,12H2,1-2H3. The van der Waals surface area contributed by atoms with Crippen molar-refractivity contribution in [3.63, 3.8) is 0 Å². The highest BCUT2D eigenvalue weighted by Gasteiger charge is 2.26. The highest BCUT2D eigenvalue weighted by atomic mass is 16.2. The number of hydrogen-bond acceptors (Lipinski definition) is 2. The van der Waals surface area contributed by atoms with E-state index in [1.54, 1.807) is 4.90 Å². The molecule has 1 aromatic carbocycles. The number of benzene rings is 1. The van der Waals surface area contributed by atoms with E-state index in [0.717, 1.165) is 24.0 Å². The van der Waals surface area contributed by atoms with Gasteiger partial charge in [0.15, 0.2) is 0 Å². The number of aryl methyl sites for hydroxylation is 2. The van der Waals surface area contributed by atoms with Gasteiger partial charge in [0.25, 0.3) is 0 Å². The molecule has 0 spiro atoms. The van der Waals surface area contributed by atoms with Gasteiger partial charge in [-0.1, -0.05) is 36.6 Å². The molecule has 0 bridgehead atoms. The van der Waals surface area contributed by atoms with Crippen molar-refractivity contribution < 1.29 is 4.79 Å². The summed E-state index contributed by atoms with van der Waals surface area (Å²) in [5.74, 6) is 0.0900. The molecule has 0 aliphatic heterocycles. The van der Waals surface area contributed by atoms with E-state index in [1.165, 1.54) is 18.4 Å². The second-order valence-corrected chi connectivity index (χ2v) is 5.72. The third-order valence-corrected chi connectivity index (χ3v) is 4.17. The Morgan fingerprint density at radius 1 is 1.35 bits per heavy atom. The first kappa shape index (κ1) is 14.6. The molecule has 1 aliphatic carbocycles. The molecule has 3 nitrogen and oxygen atoms in total. The summed E-state index contributed by atoms with van der Waals surface area (Å²) >= 11 is 0. The van der Waals surface area contributed by atoms with Gasteiger partial charge in [-0.05, 0) is 37.8 Å². The lowest BCUT2D eigenvalue weighted by molar-refractivity contribution is -0.132. The molecule has 0 heterocycles. The summed E-state index contributed by atoms with van der Waals surface area (Å²) in [4.78, 5) is 14.3. The maximum Gasteiger partial charge on any atom is 0.228 e. The van der Waals surface area contributed by atoms with Crippen molar-refractivity contribution in [2.75, 3.05) is 6.54 Å². The minimum absolute atomic E-state index is 0.0900. The van der Waals surface area contributed by atoms with Crippen LogP contribution in [0.25, 0.3) is 0 Å². The third kappa shape index (κ3) is 3.39. The minimum Gasteiger partial charge on any atom is -0.326 e. The summed E-state index contributed by atoms with van der Waals surface area (Å²) in [5.41, 5.74) is 3.40. The predicted octanol–water partition coefficient (Wildman–Crippen LogP) is 3.14. The SMILES string of the molecule is Cc1ccc(C)c(CC(=O)N(CC#N)C2CCCC2)c1. The van der Waals surface area contributed by atoms with E-state index in [0.29, 0.717) is 6.42 Å². The molecule has 1 aliphatic rings. The number of hydrogen-bond donors (Lipinski definition) is 0. The van der Waals surface area contributed by atoms with Crippen LogP contribution in [0.2, 0.25) is 0 Å². The van der Waals surface area contributed by atoms with Crippen molar-refractivity contribution in [1.29, 1.82) is 5.26 Å². The molecule has 1 saturated carbocycles. The van der Waals surface area contributed by atoms with Gasteiger partial charge in [0, 0.05) is 6.04 Å². The van der Waals surface area contributed by atoms with Gasteiger partial charge < -0.3 is 4.90 Å². The summed E-state index contributed by atoms with van der Waals surface area (Å²) in [6.45, 7) is 4.29. The Morgan fingerprint density at radius 2 is 2.05 bits per heavy atom. The fraction of sp³-hybridized carbons (Fsp3) is 0.529. The quantitative estimate of drug-likeness (QED) is 0.789. The first-order valence-corrected chi connectivity index (χ1v) is 7.34. The zero-order chi connectivity index (χ0) is 14.5. The average Bonchev–Trinajstić information content (AvgIpc) is 2.93. The average molecular weight is 270 g/mol. The van der Waals surface area contributed by atoms with Crippen LogP contribution >= 0.6 is 0 Å². The largest absolute Gasteiger partial charge is 0.326 e. The summed E-state index contributed by atoms with van der Waals surface area (Å²) in [6, 6.07) is 8.61. The van der Waals surface area contributed by atoms with Crippen LogP contribution in [0.5, 0.6) is 0 Å². The van der Waals surface area contributed by atoms with Gasteiger partial charge in [-0.2, -0.15) is 5.26 Å². The van der Waals surface area contributed by atoms with E-state index in [9.17, 15) is 4.79 Å². The molecule has 0 saturated heterocycles. The third-order valence-electron chi connectivity index (χ3n) is 4.17. The molecular weight excluding hydrogens is 248 g/mol. The lowest BCUT2D eigenvalue weighted by Gasteiger charge is -2.26. The fourth-order valence-electron chi connectivity index (χ4n) is 2.97. The molecule has 3 heteroatoms. The Hall–Kier alpha value is -1.82. The summed E-state index contributed by atoms with van der Waals surface area (Å²) < 4.78 is 0. The van der Waals surface area contributed by atoms with Gasteiger partial charge in [0.05, 0.1) is 12.5 Å². The van der Waals surface area contributed by atoms with Crippen molar-refractivity contribution in [3.8, 4) is 6.07 Å². The van der Waals surface area contributed by atoms with E-state index < -0.39 is 0 Å². The minimum atomic E-state index is 0.0900. The number of carbonyl (C=O) groups excluding carboxylic acids is 1. The van der Waals surface area contributed by atoms with Gasteiger partial charge in [-0.3, -0.25) is 4.79 Å². The van der Waals surface area contributed by atoms with Crippen LogP contribution in [0.1, 0.15) is 42.4 Å². The Morgan fingerprint density at radius 3 is 2.70 bits per heavy atom. The molecule has 106 valence electrons. The normalized spacial score (nSPS) is 15.1. The summed E-state index contributed by atoms with van der Waals surface area (Å²) in [5, 5.41) is 8.97. The molecule has 2 rings (SSSR count). The maximum atomic E-state index is 12.5. The van der Waals surface area contributed by atoms with E-state index in [2.05, 4.69) is 24.3 Å². The number of rotatable bonds is 4. The van der Waals surface area contributed by atoms with Crippen molar-refractivity contribution >= 4 is 5.91 Å².